The van der Waals surface area contributed by atoms with E-state index in [9.17, 15) is 0 Å². The Labute approximate surface area is 121 Å². The molecule has 6 heteroatoms. The first-order chi connectivity index (χ1) is 9.22. The molecule has 2 heterocycles. The lowest BCUT2D eigenvalue weighted by Gasteiger charge is -2.01. The highest BCUT2D eigenvalue weighted by Gasteiger charge is 2.22. The van der Waals surface area contributed by atoms with E-state index in [0.29, 0.717) is 28.2 Å². The zero-order valence-electron chi connectivity index (χ0n) is 10.2. The number of nitrogens with zero attached hydrogens (tertiary/aromatic N) is 2. The van der Waals surface area contributed by atoms with Crippen LogP contribution < -0.4 is 5.32 Å². The normalized spacial score (nSPS) is 18.9. The Morgan fingerprint density at radius 2 is 2.21 bits per heavy atom. The van der Waals surface area contributed by atoms with E-state index in [4.69, 9.17) is 27.7 Å². The average Bonchev–Trinajstić information content (AvgIpc) is 3.04. The molecule has 1 aliphatic heterocycles. The molecule has 4 nitrogen and oxygen atoms in total. The first kappa shape index (κ1) is 12.9. The number of halogens is 2. The van der Waals surface area contributed by atoms with Crippen molar-refractivity contribution in [2.75, 3.05) is 6.54 Å². The van der Waals surface area contributed by atoms with Gasteiger partial charge in [0, 0.05) is 6.42 Å². The number of nitrogens with one attached hydrogen (secondary N) is 1. The Hall–Kier alpha value is -1.10. The van der Waals surface area contributed by atoms with E-state index in [2.05, 4.69) is 15.5 Å². The fraction of sp³-hybridized carbons (Fsp3) is 0.385. The lowest BCUT2D eigenvalue weighted by atomic mass is 10.1. The molecular formula is C13H13Cl2N3O. The molecule has 1 fully saturated rings. The summed E-state index contributed by atoms with van der Waals surface area (Å²) in [5.74, 6) is 1.34. The zero-order valence-corrected chi connectivity index (χ0v) is 11.7. The molecular weight excluding hydrogens is 285 g/mol. The van der Waals surface area contributed by atoms with Crippen LogP contribution in [0.3, 0.4) is 0 Å². The molecule has 0 aliphatic carbocycles. The summed E-state index contributed by atoms with van der Waals surface area (Å²) in [4.78, 5) is 4.42. The second-order valence-electron chi connectivity index (χ2n) is 4.62. The van der Waals surface area contributed by atoms with Crippen molar-refractivity contribution >= 4 is 23.2 Å². The second kappa shape index (κ2) is 5.49. The van der Waals surface area contributed by atoms with E-state index >= 15 is 0 Å². The third-order valence-electron chi connectivity index (χ3n) is 3.19. The van der Waals surface area contributed by atoms with Gasteiger partial charge in [-0.25, -0.2) is 0 Å². The Kier molecular flexibility index (Phi) is 3.73. The van der Waals surface area contributed by atoms with Gasteiger partial charge in [-0.1, -0.05) is 34.4 Å². The highest BCUT2D eigenvalue weighted by Crippen LogP contribution is 2.24. The summed E-state index contributed by atoms with van der Waals surface area (Å²) >= 11 is 11.9. The van der Waals surface area contributed by atoms with E-state index in [0.717, 1.165) is 24.9 Å². The van der Waals surface area contributed by atoms with Crippen molar-refractivity contribution in [1.82, 2.24) is 15.5 Å². The summed E-state index contributed by atoms with van der Waals surface area (Å²) in [7, 11) is 0. The first-order valence-electron chi connectivity index (χ1n) is 6.22. The topological polar surface area (TPSA) is 51.0 Å². The number of rotatable bonds is 3. The van der Waals surface area contributed by atoms with Gasteiger partial charge in [-0.2, -0.15) is 4.98 Å². The van der Waals surface area contributed by atoms with Gasteiger partial charge in [0.05, 0.1) is 16.1 Å². The monoisotopic (exact) mass is 297 g/mol. The maximum atomic E-state index is 5.98. The molecule has 3 rings (SSSR count). The van der Waals surface area contributed by atoms with Crippen LogP contribution in [0.25, 0.3) is 0 Å². The number of benzene rings is 1. The van der Waals surface area contributed by atoms with E-state index in [1.54, 1.807) is 6.07 Å². The van der Waals surface area contributed by atoms with Crippen molar-refractivity contribution in [3.05, 3.63) is 45.5 Å². The van der Waals surface area contributed by atoms with Gasteiger partial charge in [0.2, 0.25) is 5.89 Å². The van der Waals surface area contributed by atoms with Crippen LogP contribution in [-0.2, 0) is 6.42 Å². The van der Waals surface area contributed by atoms with Gasteiger partial charge in [0.25, 0.3) is 0 Å². The highest BCUT2D eigenvalue weighted by atomic mass is 35.5. The SMILES string of the molecule is Clc1ccc(Cc2noc(C3CCCN3)n2)cc1Cl. The summed E-state index contributed by atoms with van der Waals surface area (Å²) in [6.45, 7) is 1.01. The maximum absolute atomic E-state index is 5.98. The second-order valence-corrected chi connectivity index (χ2v) is 5.44. The molecule has 1 aliphatic rings. The van der Waals surface area contributed by atoms with E-state index in [1.165, 1.54) is 0 Å². The molecule has 0 spiro atoms. The average molecular weight is 298 g/mol. The quantitative estimate of drug-likeness (QED) is 0.943. The van der Waals surface area contributed by atoms with E-state index < -0.39 is 0 Å². The first-order valence-corrected chi connectivity index (χ1v) is 6.98. The van der Waals surface area contributed by atoms with Crippen molar-refractivity contribution in [2.24, 2.45) is 0 Å². The fourth-order valence-electron chi connectivity index (χ4n) is 2.21. The number of hydrogen-bond acceptors (Lipinski definition) is 4. The summed E-state index contributed by atoms with van der Waals surface area (Å²) in [5.41, 5.74) is 1.01. The van der Waals surface area contributed by atoms with Crippen LogP contribution in [0, 0.1) is 0 Å². The Morgan fingerprint density at radius 3 is 2.95 bits per heavy atom. The molecule has 0 bridgehead atoms. The molecule has 0 saturated carbocycles. The molecule has 1 aromatic carbocycles. The van der Waals surface area contributed by atoms with Gasteiger partial charge >= 0.3 is 0 Å². The van der Waals surface area contributed by atoms with Gasteiger partial charge < -0.3 is 9.84 Å². The van der Waals surface area contributed by atoms with Crippen LogP contribution in [0.5, 0.6) is 0 Å². The van der Waals surface area contributed by atoms with Gasteiger partial charge in [-0.3, -0.25) is 0 Å². The Bertz CT molecular complexity index is 579. The predicted octanol–water partition coefficient (Wildman–Crippen LogP) is 3.39. The smallest absolute Gasteiger partial charge is 0.243 e. The molecule has 1 aromatic heterocycles. The van der Waals surface area contributed by atoms with Crippen LogP contribution in [0.15, 0.2) is 22.7 Å². The highest BCUT2D eigenvalue weighted by molar-refractivity contribution is 6.42. The van der Waals surface area contributed by atoms with E-state index in [1.807, 2.05) is 12.1 Å². The van der Waals surface area contributed by atoms with Crippen molar-refractivity contribution in [1.29, 1.82) is 0 Å². The molecule has 0 radical (unpaired) electrons. The van der Waals surface area contributed by atoms with Crippen molar-refractivity contribution in [2.45, 2.75) is 25.3 Å². The lowest BCUT2D eigenvalue weighted by molar-refractivity contribution is 0.341. The molecule has 1 N–H and O–H groups in total. The van der Waals surface area contributed by atoms with Crippen LogP contribution in [-0.4, -0.2) is 16.7 Å². The van der Waals surface area contributed by atoms with Crippen LogP contribution >= 0.6 is 23.2 Å². The minimum absolute atomic E-state index is 0.204. The molecule has 1 unspecified atom stereocenters. The molecule has 100 valence electrons. The van der Waals surface area contributed by atoms with Gasteiger partial charge in [0.1, 0.15) is 0 Å². The van der Waals surface area contributed by atoms with Crippen molar-refractivity contribution in [3.8, 4) is 0 Å². The molecule has 0 amide bonds. The third-order valence-corrected chi connectivity index (χ3v) is 3.93. The molecule has 1 atom stereocenters. The fourth-order valence-corrected chi connectivity index (χ4v) is 2.53. The van der Waals surface area contributed by atoms with Crippen LogP contribution in [0.1, 0.15) is 36.2 Å². The Morgan fingerprint density at radius 1 is 1.32 bits per heavy atom. The minimum Gasteiger partial charge on any atom is -0.338 e. The van der Waals surface area contributed by atoms with Crippen LogP contribution in [0.4, 0.5) is 0 Å². The zero-order chi connectivity index (χ0) is 13.2. The van der Waals surface area contributed by atoms with E-state index in [-0.39, 0.29) is 6.04 Å². The van der Waals surface area contributed by atoms with Crippen molar-refractivity contribution < 1.29 is 4.52 Å². The molecule has 2 aromatic rings. The summed E-state index contributed by atoms with van der Waals surface area (Å²) in [6, 6.07) is 5.72. The molecule has 19 heavy (non-hydrogen) atoms. The van der Waals surface area contributed by atoms with Gasteiger partial charge in [-0.05, 0) is 37.1 Å². The van der Waals surface area contributed by atoms with Crippen LogP contribution in [0.2, 0.25) is 10.0 Å². The number of aromatic nitrogens is 2. The van der Waals surface area contributed by atoms with Crippen molar-refractivity contribution in [3.63, 3.8) is 0 Å². The largest absolute Gasteiger partial charge is 0.338 e. The summed E-state index contributed by atoms with van der Waals surface area (Å²) in [5, 5.41) is 8.43. The lowest BCUT2D eigenvalue weighted by Crippen LogP contribution is -2.13. The third kappa shape index (κ3) is 2.91. The minimum atomic E-state index is 0.204. The standard InChI is InChI=1S/C13H13Cl2N3O/c14-9-4-3-8(6-10(9)15)7-12-17-13(19-18-12)11-2-1-5-16-11/h3-4,6,11,16H,1-2,5,7H2. The Balaban J connectivity index is 1.74. The predicted molar refractivity (Wildman–Crippen MR) is 73.5 cm³/mol. The number of hydrogen-bond donors (Lipinski definition) is 1. The maximum Gasteiger partial charge on any atom is 0.243 e. The van der Waals surface area contributed by atoms with Gasteiger partial charge in [0.15, 0.2) is 5.82 Å². The molecule has 1 saturated heterocycles. The van der Waals surface area contributed by atoms with Gasteiger partial charge in [-0.15, -0.1) is 0 Å². The summed E-state index contributed by atoms with van der Waals surface area (Å²) < 4.78 is 5.29. The summed E-state index contributed by atoms with van der Waals surface area (Å²) in [6.07, 6.45) is 2.79.